The number of likely N-dealkylation sites (tertiary alicyclic amines) is 1. The largest absolute Gasteiger partial charge is 3.00 e. The Labute approximate surface area is 553 Å². The monoisotopic (exact) mass is 1520 g/mol. The van der Waals surface area contributed by atoms with Gasteiger partial charge in [0.05, 0.1) is 50.6 Å². The molecule has 5 rings (SSSR count). The fourth-order valence-electron chi connectivity index (χ4n) is 9.67. The number of aryl methyl sites for hydroxylation is 1. The minimum absolute atomic E-state index is 0. The third-order valence-corrected chi connectivity index (χ3v) is 14.0. The molecule has 0 spiro atoms. The number of unbranched alkanes of at least 4 members (excludes halogenated alkanes) is 1. The van der Waals surface area contributed by atoms with Crippen LogP contribution in [0.5, 0.6) is 0 Å². The quantitative estimate of drug-likeness (QED) is 0.0557. The van der Waals surface area contributed by atoms with Gasteiger partial charge in [0.2, 0.25) is 23.6 Å². The Kier molecular flexibility index (Phi) is 35.8. The van der Waals surface area contributed by atoms with Crippen LogP contribution in [0.1, 0.15) is 93.0 Å². The summed E-state index contributed by atoms with van der Waals surface area (Å²) in [7, 11) is 0. The Morgan fingerprint density at radius 1 is 0.718 bits per heavy atom. The van der Waals surface area contributed by atoms with Crippen molar-refractivity contribution in [1.82, 2.24) is 50.8 Å². The summed E-state index contributed by atoms with van der Waals surface area (Å²) in [5, 5.41) is 50.0. The summed E-state index contributed by atoms with van der Waals surface area (Å²) in [5.41, 5.74) is 2.85. The topological polar surface area (TPSA) is 295 Å². The van der Waals surface area contributed by atoms with Gasteiger partial charge in [-0.3, -0.25) is 62.9 Å². The van der Waals surface area contributed by atoms with E-state index in [2.05, 4.69) is 38.1 Å². The van der Waals surface area contributed by atoms with Gasteiger partial charge in [0.15, 0.2) is 0 Å². The summed E-state index contributed by atoms with van der Waals surface area (Å²) in [5.74, 6) is 1.12. The number of carbonyl (C=O) groups is 8. The molecule has 3 atom stereocenters. The molecule has 3 saturated heterocycles. The van der Waals surface area contributed by atoms with Crippen LogP contribution in [0.2, 0.25) is 0 Å². The van der Waals surface area contributed by atoms with Gasteiger partial charge in [-0.1, -0.05) is 24.0 Å². The van der Waals surface area contributed by atoms with E-state index in [9.17, 15) is 58.8 Å². The van der Waals surface area contributed by atoms with Gasteiger partial charge >= 0.3 is 144 Å². The van der Waals surface area contributed by atoms with E-state index in [1.165, 1.54) is 6.20 Å². The van der Waals surface area contributed by atoms with Gasteiger partial charge in [0, 0.05) is 102 Å². The molecule has 2 aromatic rings. The van der Waals surface area contributed by atoms with Crippen LogP contribution in [0.4, 0.5) is 0 Å². The number of nitrogens with one attached hydrogen (secondary N) is 4. The van der Waals surface area contributed by atoms with Gasteiger partial charge in [-0.25, -0.2) is 0 Å². The predicted octanol–water partition coefficient (Wildman–Crippen LogP) is 0.551. The molecular formula is C53H76Gd3N10O12+9. The Morgan fingerprint density at radius 3 is 1.92 bits per heavy atom. The van der Waals surface area contributed by atoms with Crippen LogP contribution in [-0.4, -0.2) is 215 Å². The van der Waals surface area contributed by atoms with E-state index in [1.54, 1.807) is 38.8 Å². The number of rotatable bonds is 23. The first-order valence-corrected chi connectivity index (χ1v) is 26.2. The van der Waals surface area contributed by atoms with E-state index < -0.39 is 47.8 Å². The first kappa shape index (κ1) is 71.6. The number of carbonyl (C=O) groups excluding carboxylic acids is 4. The maximum absolute atomic E-state index is 13.6. The number of carboxylic acids is 4. The van der Waals surface area contributed by atoms with Crippen molar-refractivity contribution in [3.63, 3.8) is 0 Å². The number of amides is 4. The van der Waals surface area contributed by atoms with Crippen molar-refractivity contribution in [1.29, 1.82) is 0 Å². The fourth-order valence-corrected chi connectivity index (χ4v) is 9.67. The fraction of sp³-hybridized carbons (Fsp3) is 0.604. The van der Waals surface area contributed by atoms with E-state index >= 15 is 0 Å². The summed E-state index contributed by atoms with van der Waals surface area (Å²) in [6.45, 7) is 5.84. The molecule has 4 heterocycles. The molecule has 0 aliphatic carbocycles. The average molecular weight is 1520 g/mol. The number of hydrogen-bond donors (Lipinski definition) is 8. The van der Waals surface area contributed by atoms with Crippen LogP contribution in [-0.2, 0) is 44.8 Å². The van der Waals surface area contributed by atoms with Gasteiger partial charge in [0.25, 0.3) is 0 Å². The molecule has 8 N–H and O–H groups in total. The van der Waals surface area contributed by atoms with Crippen LogP contribution in [0.3, 0.4) is 0 Å². The summed E-state index contributed by atoms with van der Waals surface area (Å²) >= 11 is 0. The molecule has 425 valence electrons. The third-order valence-electron chi connectivity index (χ3n) is 14.0. The minimum Gasteiger partial charge on any atom is -0.481 e. The predicted molar refractivity (Wildman–Crippen MR) is 276 cm³/mol. The summed E-state index contributed by atoms with van der Waals surface area (Å²) in [6, 6.07) is 7.89. The van der Waals surface area contributed by atoms with Gasteiger partial charge in [-0.2, -0.15) is 0 Å². The van der Waals surface area contributed by atoms with Crippen molar-refractivity contribution in [3.05, 3.63) is 65.0 Å². The van der Waals surface area contributed by atoms with Crippen molar-refractivity contribution >= 4 is 47.5 Å². The number of nitrogens with zero attached hydrogens (tertiary/aromatic N) is 6. The zero-order valence-electron chi connectivity index (χ0n) is 44.2. The van der Waals surface area contributed by atoms with Crippen LogP contribution in [0.25, 0.3) is 0 Å². The second-order valence-electron chi connectivity index (χ2n) is 19.8. The molecule has 78 heavy (non-hydrogen) atoms. The molecule has 0 bridgehead atoms. The van der Waals surface area contributed by atoms with Crippen LogP contribution >= 0.6 is 0 Å². The first-order valence-electron chi connectivity index (χ1n) is 26.2. The summed E-state index contributed by atoms with van der Waals surface area (Å²) in [6.07, 6.45) is 9.63. The zero-order chi connectivity index (χ0) is 54.1. The van der Waals surface area contributed by atoms with Crippen LogP contribution in [0.15, 0.2) is 42.7 Å². The third kappa shape index (κ3) is 27.5. The van der Waals surface area contributed by atoms with Gasteiger partial charge in [-0.15, -0.1) is 0 Å². The number of hydrogen-bond acceptors (Lipinski definition) is 14. The first-order chi connectivity index (χ1) is 36.0. The minimum atomic E-state index is -1.08. The molecule has 1 aromatic heterocycles. The van der Waals surface area contributed by atoms with Crippen LogP contribution < -0.4 is 21.3 Å². The molecule has 3 aliphatic rings. The molecule has 0 saturated carbocycles. The van der Waals surface area contributed by atoms with Crippen LogP contribution in [0, 0.1) is 143 Å². The van der Waals surface area contributed by atoms with E-state index in [0.29, 0.717) is 68.8 Å². The van der Waals surface area contributed by atoms with Crippen molar-refractivity contribution in [2.24, 2.45) is 11.8 Å². The maximum Gasteiger partial charge on any atom is 3.00 e. The number of benzene rings is 1. The molecular weight excluding hydrogens is 1440 g/mol. The van der Waals surface area contributed by atoms with Crippen molar-refractivity contribution < 1.29 is 179 Å². The van der Waals surface area contributed by atoms with Crippen molar-refractivity contribution in [3.8, 4) is 11.8 Å². The molecule has 4 amide bonds. The Balaban J connectivity index is 0.00000693. The molecule has 3 radical (unpaired) electrons. The second-order valence-corrected chi connectivity index (χ2v) is 19.8. The normalized spacial score (nSPS) is 18.0. The number of carboxylic acid groups (broad SMARTS) is 4. The number of piperidine rings is 2. The summed E-state index contributed by atoms with van der Waals surface area (Å²) in [4.78, 5) is 112. The number of aliphatic carboxylic acids is 4. The Morgan fingerprint density at radius 2 is 1.32 bits per heavy atom. The molecule has 25 heteroatoms. The molecule has 22 nitrogen and oxygen atoms in total. The van der Waals surface area contributed by atoms with E-state index in [0.717, 1.165) is 49.9 Å². The SMILES string of the molecule is CC(C(=O)NCC(=O)NCCCCc1cccc(C#Cc2cncc([C@H](CC(=O)O)NC(=O)[C@@H]3CCCN(C(=O)CCC4CCNCC4)C3)c2)c1)N1CCN(CC(=O)O)CCN(CC(=O)O)CCN(CC(=O)O)CC1.[Gd+3].[Gd+3].[Gd+3]. The number of pyridine rings is 1. The molecule has 3 aliphatic heterocycles. The van der Waals surface area contributed by atoms with E-state index in [1.807, 2.05) is 29.2 Å². The average Bonchev–Trinajstić information content (AvgIpc) is 3.38. The Hall–Kier alpha value is -2.54. The van der Waals surface area contributed by atoms with Gasteiger partial charge < -0.3 is 46.6 Å². The van der Waals surface area contributed by atoms with E-state index in [4.69, 9.17) is 0 Å². The van der Waals surface area contributed by atoms with Crippen molar-refractivity contribution in [2.75, 3.05) is 111 Å². The standard InChI is InChI=1S/C53H76N10O12.3Gd/c1-38(62-26-24-60(36-50(70)71)22-20-59(35-49(68)69)21-23-61(25-27-62)37-51(72)73)52(74)57-33-46(64)56-16-3-2-6-40-7-4-8-41(28-40)10-11-42-29-44(32-55-31-42)45(30-48(66)67)58-53(75)43-9-5-19-63(34-43)47(65)13-12-39-14-17-54-18-15-39;;;/h4,7-8,28-29,31-32,38-39,43,45,54H,2-3,5-6,9,12-27,30,33-37H2,1H3,(H,56,64)(H,57,74)(H,58,75)(H,66,67)(H,68,69)(H,70,71)(H,72,73);;;/q;3*+3/t38?,43-,45+;;;/m1.../s1. The van der Waals surface area contributed by atoms with E-state index in [-0.39, 0.29) is 223 Å². The molecule has 3 fully saturated rings. The van der Waals surface area contributed by atoms with Gasteiger partial charge in [-0.05, 0) is 107 Å². The maximum atomic E-state index is 13.6. The van der Waals surface area contributed by atoms with Crippen molar-refractivity contribution in [2.45, 2.75) is 83.2 Å². The van der Waals surface area contributed by atoms with Gasteiger partial charge in [0.1, 0.15) is 0 Å². The Bertz CT molecular complexity index is 2310. The smallest absolute Gasteiger partial charge is 0.481 e. The molecule has 1 unspecified atom stereocenters. The number of aromatic nitrogens is 1. The second kappa shape index (κ2) is 39.0. The summed E-state index contributed by atoms with van der Waals surface area (Å²) < 4.78 is 0. The molecule has 1 aromatic carbocycles. The zero-order valence-corrected chi connectivity index (χ0v) is 51.0.